The molecule has 4 rings (SSSR count). The molecule has 4 aliphatic rings. The van der Waals surface area contributed by atoms with Crippen molar-refractivity contribution in [1.82, 2.24) is 0 Å². The van der Waals surface area contributed by atoms with E-state index in [4.69, 9.17) is 0 Å². The van der Waals surface area contributed by atoms with Crippen molar-refractivity contribution in [3.05, 3.63) is 12.2 Å². The van der Waals surface area contributed by atoms with Gasteiger partial charge in [0.15, 0.2) is 0 Å². The molecule has 0 saturated heterocycles. The first kappa shape index (κ1) is 9.93. The molecule has 0 N–H and O–H groups in total. The molecule has 0 heterocycles. The summed E-state index contributed by atoms with van der Waals surface area (Å²) in [6.45, 7) is 7.82. The molecule has 16 heavy (non-hydrogen) atoms. The fraction of sp³-hybridized carbons (Fsp3) is 0.867. The maximum Gasteiger partial charge on any atom is 0.0476 e. The van der Waals surface area contributed by atoms with Gasteiger partial charge in [0.05, 0.1) is 0 Å². The van der Waals surface area contributed by atoms with Crippen LogP contribution < -0.4 is 0 Å². The van der Waals surface area contributed by atoms with Gasteiger partial charge in [-0.2, -0.15) is 0 Å². The van der Waals surface area contributed by atoms with Gasteiger partial charge < -0.3 is 0 Å². The number of allylic oxidation sites excluding steroid dienone is 2. The molecular weight excluding hydrogens is 208 g/mol. The minimum atomic E-state index is -0.889. The first-order chi connectivity index (χ1) is 7.55. The smallest absolute Gasteiger partial charge is 0.0476 e. The minimum Gasteiger partial charge on any atom is -0.0848 e. The molecule has 4 bridgehead atoms. The third-order valence-electron chi connectivity index (χ3n) is 6.38. The summed E-state index contributed by atoms with van der Waals surface area (Å²) in [6, 6.07) is 0. The van der Waals surface area contributed by atoms with E-state index in [-0.39, 0.29) is 0 Å². The van der Waals surface area contributed by atoms with Gasteiger partial charge in [-0.25, -0.2) is 0 Å². The summed E-state index contributed by atoms with van der Waals surface area (Å²) in [7, 11) is -0.889. The maximum atomic E-state index is 2.61. The van der Waals surface area contributed by atoms with Crippen molar-refractivity contribution in [2.75, 3.05) is 0 Å². The SMILES string of the molecule is C[Si](C)(C)C1CC2CC1C1C3C=CC(C3)C21. The number of rotatable bonds is 1. The highest BCUT2D eigenvalue weighted by atomic mass is 28.3. The van der Waals surface area contributed by atoms with Crippen LogP contribution in [0.5, 0.6) is 0 Å². The molecule has 0 spiro atoms. The van der Waals surface area contributed by atoms with Crippen molar-refractivity contribution in [3.8, 4) is 0 Å². The largest absolute Gasteiger partial charge is 0.0848 e. The Morgan fingerprint density at radius 1 is 0.875 bits per heavy atom. The molecule has 0 radical (unpaired) electrons. The Kier molecular flexibility index (Phi) is 1.77. The Balaban J connectivity index is 1.68. The lowest BCUT2D eigenvalue weighted by Gasteiger charge is -2.41. The highest BCUT2D eigenvalue weighted by molar-refractivity contribution is 6.77. The standard InChI is InChI=1S/C15H24Si/c1-16(2,3)13-8-11-7-12(13)15-10-5-4-9(6-10)14(11)15/h4-5,9-15H,6-8H2,1-3H3. The van der Waals surface area contributed by atoms with Gasteiger partial charge in [0, 0.05) is 8.07 Å². The molecule has 0 aromatic rings. The molecule has 7 unspecified atom stereocenters. The van der Waals surface area contributed by atoms with Gasteiger partial charge in [-0.3, -0.25) is 0 Å². The van der Waals surface area contributed by atoms with Gasteiger partial charge in [0.2, 0.25) is 0 Å². The predicted octanol–water partition coefficient (Wildman–Crippen LogP) is 4.17. The van der Waals surface area contributed by atoms with Crippen LogP contribution in [-0.2, 0) is 0 Å². The second kappa shape index (κ2) is 2.85. The van der Waals surface area contributed by atoms with Gasteiger partial charge in [-0.05, 0) is 60.3 Å². The second-order valence-electron chi connectivity index (χ2n) is 7.97. The summed E-state index contributed by atoms with van der Waals surface area (Å²) in [5, 5.41) is 0. The molecule has 4 aliphatic carbocycles. The van der Waals surface area contributed by atoms with Crippen molar-refractivity contribution >= 4 is 8.07 Å². The highest BCUT2D eigenvalue weighted by Gasteiger charge is 2.62. The summed E-state index contributed by atoms with van der Waals surface area (Å²) in [5.74, 6) is 6.54. The zero-order chi connectivity index (χ0) is 11.1. The van der Waals surface area contributed by atoms with E-state index in [2.05, 4.69) is 31.8 Å². The Bertz CT molecular complexity index is 351. The molecule has 0 nitrogen and oxygen atoms in total. The first-order valence-electron chi connectivity index (χ1n) is 7.24. The van der Waals surface area contributed by atoms with Crippen LogP contribution in [0.1, 0.15) is 19.3 Å². The highest BCUT2D eigenvalue weighted by Crippen LogP contribution is 2.69. The molecule has 0 amide bonds. The van der Waals surface area contributed by atoms with Crippen LogP contribution >= 0.6 is 0 Å². The number of hydrogen-bond donors (Lipinski definition) is 0. The van der Waals surface area contributed by atoms with Gasteiger partial charge in [-0.1, -0.05) is 31.8 Å². The molecule has 0 aromatic carbocycles. The van der Waals surface area contributed by atoms with Crippen LogP contribution in [0.3, 0.4) is 0 Å². The lowest BCUT2D eigenvalue weighted by molar-refractivity contribution is 0.203. The van der Waals surface area contributed by atoms with Gasteiger partial charge in [0.25, 0.3) is 0 Å². The average Bonchev–Trinajstić information content (AvgIpc) is 2.94. The van der Waals surface area contributed by atoms with Crippen molar-refractivity contribution in [3.63, 3.8) is 0 Å². The van der Waals surface area contributed by atoms with Crippen LogP contribution in [-0.4, -0.2) is 8.07 Å². The molecule has 1 heteroatoms. The van der Waals surface area contributed by atoms with E-state index < -0.39 is 8.07 Å². The summed E-state index contributed by atoms with van der Waals surface area (Å²) in [6.07, 6.45) is 9.89. The summed E-state index contributed by atoms with van der Waals surface area (Å²) in [4.78, 5) is 0. The van der Waals surface area contributed by atoms with Crippen molar-refractivity contribution in [2.45, 2.75) is 44.4 Å². The molecule has 0 aliphatic heterocycles. The summed E-state index contributed by atoms with van der Waals surface area (Å²) < 4.78 is 0. The lowest BCUT2D eigenvalue weighted by atomic mass is 9.73. The van der Waals surface area contributed by atoms with Crippen LogP contribution in [0.2, 0.25) is 25.2 Å². The van der Waals surface area contributed by atoms with E-state index in [1.807, 2.05) is 0 Å². The zero-order valence-electron chi connectivity index (χ0n) is 10.8. The molecule has 3 fully saturated rings. The number of fused-ring (bicyclic) bond motifs is 9. The number of hydrogen-bond acceptors (Lipinski definition) is 0. The average molecular weight is 232 g/mol. The molecular formula is C15H24Si. The van der Waals surface area contributed by atoms with Crippen molar-refractivity contribution in [1.29, 1.82) is 0 Å². The molecule has 88 valence electrons. The second-order valence-corrected chi connectivity index (χ2v) is 13.4. The van der Waals surface area contributed by atoms with Crippen molar-refractivity contribution in [2.24, 2.45) is 35.5 Å². The Morgan fingerprint density at radius 2 is 1.56 bits per heavy atom. The Labute approximate surface area is 101 Å². The minimum absolute atomic E-state index is 0.889. The molecule has 3 saturated carbocycles. The van der Waals surface area contributed by atoms with E-state index in [0.717, 1.165) is 41.0 Å². The first-order valence-corrected chi connectivity index (χ1v) is 10.8. The van der Waals surface area contributed by atoms with Gasteiger partial charge >= 0.3 is 0 Å². The van der Waals surface area contributed by atoms with E-state index in [9.17, 15) is 0 Å². The van der Waals surface area contributed by atoms with Crippen LogP contribution in [0, 0.1) is 35.5 Å². The van der Waals surface area contributed by atoms with Crippen LogP contribution in [0.15, 0.2) is 12.2 Å². The fourth-order valence-electron chi connectivity index (χ4n) is 6.01. The van der Waals surface area contributed by atoms with E-state index in [1.54, 1.807) is 12.8 Å². The molecule has 7 atom stereocenters. The summed E-state index contributed by atoms with van der Waals surface area (Å²) in [5.41, 5.74) is 1.16. The lowest BCUT2D eigenvalue weighted by Crippen LogP contribution is -2.38. The van der Waals surface area contributed by atoms with Crippen molar-refractivity contribution < 1.29 is 0 Å². The normalized spacial score (nSPS) is 57.3. The predicted molar refractivity (Wildman–Crippen MR) is 71.0 cm³/mol. The zero-order valence-corrected chi connectivity index (χ0v) is 11.8. The third kappa shape index (κ3) is 1.06. The summed E-state index contributed by atoms with van der Waals surface area (Å²) >= 11 is 0. The van der Waals surface area contributed by atoms with E-state index in [1.165, 1.54) is 6.42 Å². The Morgan fingerprint density at radius 3 is 2.25 bits per heavy atom. The Hall–Kier alpha value is -0.0431. The van der Waals surface area contributed by atoms with Gasteiger partial charge in [-0.15, -0.1) is 0 Å². The van der Waals surface area contributed by atoms with Gasteiger partial charge in [0.1, 0.15) is 0 Å². The third-order valence-corrected chi connectivity index (χ3v) is 9.27. The van der Waals surface area contributed by atoms with Crippen LogP contribution in [0.25, 0.3) is 0 Å². The molecule has 0 aromatic heterocycles. The van der Waals surface area contributed by atoms with Crippen LogP contribution in [0.4, 0.5) is 0 Å². The van der Waals surface area contributed by atoms with E-state index in [0.29, 0.717) is 0 Å². The topological polar surface area (TPSA) is 0 Å². The maximum absolute atomic E-state index is 2.61. The quantitative estimate of drug-likeness (QED) is 0.361. The van der Waals surface area contributed by atoms with E-state index >= 15 is 0 Å². The fourth-order valence-corrected chi connectivity index (χ4v) is 8.66. The monoisotopic (exact) mass is 232 g/mol.